The number of imidazole rings is 3. The molecule has 0 aliphatic rings. The van der Waals surface area contributed by atoms with Crippen molar-refractivity contribution in [2.75, 3.05) is 0 Å². The molecule has 0 saturated heterocycles. The van der Waals surface area contributed by atoms with Crippen LogP contribution >= 0.6 is 0 Å². The van der Waals surface area contributed by atoms with E-state index in [4.69, 9.17) is 0 Å². The maximum Gasteiger partial charge on any atom is 3.00 e. The molecule has 0 spiro atoms. The van der Waals surface area contributed by atoms with Gasteiger partial charge in [-0.1, -0.05) is 37.2 Å². The molecule has 6 heterocycles. The molecule has 0 radical (unpaired) electrons. The summed E-state index contributed by atoms with van der Waals surface area (Å²) in [6.07, 6.45) is 15.8. The van der Waals surface area contributed by atoms with Gasteiger partial charge in [-0.3, -0.25) is 15.0 Å². The quantitative estimate of drug-likeness (QED) is 0.246. The van der Waals surface area contributed by atoms with Crippen LogP contribution in [0.25, 0.3) is 33.8 Å². The van der Waals surface area contributed by atoms with E-state index >= 15 is 0 Å². The molecule has 0 N–H and O–H groups in total. The Labute approximate surface area is 248 Å². The van der Waals surface area contributed by atoms with Crippen molar-refractivity contribution >= 4 is 0 Å². The average molecular weight is 709 g/mol. The van der Waals surface area contributed by atoms with E-state index in [1.54, 1.807) is 74.4 Å². The van der Waals surface area contributed by atoms with Crippen molar-refractivity contribution in [1.29, 1.82) is 0 Å². The number of aromatic nitrogens is 9. The van der Waals surface area contributed by atoms with Gasteiger partial charge in [0.25, 0.3) is 0 Å². The molecule has 6 aromatic heterocycles. The zero-order valence-corrected chi connectivity index (χ0v) is 25.7. The number of nitrogens with zero attached hydrogens (tertiary/aromatic N) is 9. The third-order valence-corrected chi connectivity index (χ3v) is 6.27. The van der Waals surface area contributed by atoms with Crippen molar-refractivity contribution in [3.63, 3.8) is 0 Å². The predicted molar refractivity (Wildman–Crippen MR) is 150 cm³/mol. The number of pyridine rings is 3. The fourth-order valence-electron chi connectivity index (χ4n) is 3.63. The summed E-state index contributed by atoms with van der Waals surface area (Å²) in [5, 5.41) is 0. The van der Waals surface area contributed by atoms with Crippen LogP contribution in [0.2, 0.25) is 0 Å². The molecule has 0 aromatic carbocycles. The Morgan fingerprint density at radius 2 is 0.775 bits per heavy atom. The summed E-state index contributed by atoms with van der Waals surface area (Å²) in [4.78, 5) is 24.9. The minimum atomic E-state index is 0. The smallest absolute Gasteiger partial charge is 0.360 e. The Bertz CT molecular complexity index is 1410. The zero-order chi connectivity index (χ0) is 27.8. The first-order chi connectivity index (χ1) is 18.9. The third-order valence-electron chi connectivity index (χ3n) is 6.27. The van der Waals surface area contributed by atoms with Crippen molar-refractivity contribution in [3.8, 4) is 33.8 Å². The molecular formula is C30H30IrN9. The molecule has 204 valence electrons. The molecule has 6 rings (SSSR count). The first-order valence-corrected chi connectivity index (χ1v) is 12.3. The van der Waals surface area contributed by atoms with Gasteiger partial charge in [0.2, 0.25) is 0 Å². The van der Waals surface area contributed by atoms with Gasteiger partial charge in [0.1, 0.15) is 0 Å². The van der Waals surface area contributed by atoms with Crippen LogP contribution in [0, 0.1) is 39.0 Å². The molecule has 9 nitrogen and oxygen atoms in total. The second kappa shape index (κ2) is 14.2. The largest absolute Gasteiger partial charge is 3.00 e. The summed E-state index contributed by atoms with van der Waals surface area (Å²) in [6, 6.07) is 14.7. The van der Waals surface area contributed by atoms with Crippen molar-refractivity contribution in [3.05, 3.63) is 110 Å². The van der Waals surface area contributed by atoms with Crippen molar-refractivity contribution in [1.82, 2.24) is 43.6 Å². The van der Waals surface area contributed by atoms with Crippen LogP contribution < -0.4 is 0 Å². The average Bonchev–Trinajstić information content (AvgIpc) is 3.62. The van der Waals surface area contributed by atoms with Crippen LogP contribution in [0.15, 0.2) is 74.4 Å². The minimum Gasteiger partial charge on any atom is -0.360 e. The summed E-state index contributed by atoms with van der Waals surface area (Å²) in [5.74, 6) is 0. The molecule has 0 aliphatic heterocycles. The summed E-state index contributed by atoms with van der Waals surface area (Å²) in [5.41, 5.74) is 9.08. The van der Waals surface area contributed by atoms with Gasteiger partial charge >= 0.3 is 20.1 Å². The summed E-state index contributed by atoms with van der Waals surface area (Å²) in [7, 11) is 5.92. The van der Waals surface area contributed by atoms with Gasteiger partial charge in [-0.05, 0) is 37.9 Å². The van der Waals surface area contributed by atoms with E-state index < -0.39 is 0 Å². The second-order valence-electron chi connectivity index (χ2n) is 8.82. The number of hydrogen-bond donors (Lipinski definition) is 0. The second-order valence-corrected chi connectivity index (χ2v) is 8.82. The summed E-state index contributed by atoms with van der Waals surface area (Å²) in [6.45, 7) is 6.09. The molecule has 0 aliphatic carbocycles. The Kier molecular flexibility index (Phi) is 10.8. The van der Waals surface area contributed by atoms with E-state index in [1.807, 2.05) is 55.6 Å². The van der Waals surface area contributed by atoms with Crippen LogP contribution in [-0.4, -0.2) is 43.6 Å². The van der Waals surface area contributed by atoms with Crippen LogP contribution in [0.1, 0.15) is 17.1 Å². The van der Waals surface area contributed by atoms with E-state index in [0.29, 0.717) is 0 Å². The van der Waals surface area contributed by atoms with E-state index in [-0.39, 0.29) is 20.1 Å². The predicted octanol–water partition coefficient (Wildman–Crippen LogP) is 4.77. The van der Waals surface area contributed by atoms with E-state index in [1.165, 1.54) is 0 Å². The van der Waals surface area contributed by atoms with Crippen molar-refractivity contribution in [2.45, 2.75) is 20.8 Å². The monoisotopic (exact) mass is 709 g/mol. The fraction of sp³-hybridized carbons (Fsp3) is 0.200. The molecule has 6 aromatic rings. The molecule has 0 amide bonds. The molecule has 0 fully saturated rings. The van der Waals surface area contributed by atoms with Gasteiger partial charge in [-0.2, -0.15) is 0 Å². The van der Waals surface area contributed by atoms with Crippen molar-refractivity contribution in [2.24, 2.45) is 21.1 Å². The van der Waals surface area contributed by atoms with E-state index in [0.717, 1.165) is 50.9 Å². The topological polar surface area (TPSA) is 92.1 Å². The standard InChI is InChI=1S/3C10H10N3.Ir/c3*1-8-10(12-7-13(8)2)9-4-3-5-11-6-9;/h3*3,5-7H,1-2H3;/q3*-1;+3. The van der Waals surface area contributed by atoms with E-state index in [2.05, 4.69) is 48.1 Å². The molecule has 0 bridgehead atoms. The van der Waals surface area contributed by atoms with Crippen LogP contribution in [0.4, 0.5) is 0 Å². The maximum absolute atomic E-state index is 4.28. The van der Waals surface area contributed by atoms with Crippen LogP contribution in [0.5, 0.6) is 0 Å². The number of rotatable bonds is 3. The number of hydrogen-bond acceptors (Lipinski definition) is 6. The first kappa shape index (κ1) is 30.3. The molecule has 10 heteroatoms. The molecule has 0 saturated carbocycles. The molecule has 0 atom stereocenters. The maximum atomic E-state index is 4.28. The van der Waals surface area contributed by atoms with Gasteiger partial charge in [0, 0.05) is 38.2 Å². The Balaban J connectivity index is 0.000000163. The van der Waals surface area contributed by atoms with Gasteiger partial charge in [-0.25, -0.2) is 0 Å². The van der Waals surface area contributed by atoms with Crippen LogP contribution in [0.3, 0.4) is 0 Å². The first-order valence-electron chi connectivity index (χ1n) is 12.3. The van der Waals surface area contributed by atoms with Gasteiger partial charge < -0.3 is 28.7 Å². The minimum absolute atomic E-state index is 0. The van der Waals surface area contributed by atoms with Gasteiger partial charge in [0.05, 0.1) is 19.0 Å². The SMILES string of the molecule is Cc1c(-c2[c-]ccnc2)ncn1C.Cc1c(-c2[c-]ccnc2)ncn1C.Cc1c(-c2[c-]ccnc2)ncn1C.[Ir+3]. The number of aryl methyl sites for hydroxylation is 3. The Hall–Kier alpha value is -4.27. The van der Waals surface area contributed by atoms with E-state index in [9.17, 15) is 0 Å². The van der Waals surface area contributed by atoms with Gasteiger partial charge in [0.15, 0.2) is 0 Å². The summed E-state index contributed by atoms with van der Waals surface area (Å²) >= 11 is 0. The van der Waals surface area contributed by atoms with Gasteiger partial charge in [-0.15, -0.1) is 53.1 Å². The summed E-state index contributed by atoms with van der Waals surface area (Å²) < 4.78 is 5.95. The normalized spacial score (nSPS) is 10.1. The zero-order valence-electron chi connectivity index (χ0n) is 23.3. The van der Waals surface area contributed by atoms with Crippen molar-refractivity contribution < 1.29 is 20.1 Å². The molecule has 0 unspecified atom stereocenters. The molecule has 40 heavy (non-hydrogen) atoms. The fourth-order valence-corrected chi connectivity index (χ4v) is 3.63. The Morgan fingerprint density at radius 3 is 0.950 bits per heavy atom. The van der Waals surface area contributed by atoms with Crippen LogP contribution in [-0.2, 0) is 41.2 Å². The Morgan fingerprint density at radius 1 is 0.500 bits per heavy atom. The third kappa shape index (κ3) is 7.22. The molecular weight excluding hydrogens is 679 g/mol.